The van der Waals surface area contributed by atoms with Crippen LogP contribution in [0.3, 0.4) is 0 Å². The highest BCUT2D eigenvalue weighted by atomic mass is 32.2. The fourth-order valence-electron chi connectivity index (χ4n) is 2.03. The first-order valence-electron chi connectivity index (χ1n) is 5.59. The molecule has 1 fully saturated rings. The molecule has 0 aromatic rings. The Morgan fingerprint density at radius 3 is 2.33 bits per heavy atom. The predicted molar refractivity (Wildman–Crippen MR) is 60.0 cm³/mol. The Kier molecular flexibility index (Phi) is 4.55. The van der Waals surface area contributed by atoms with Crippen LogP contribution in [0.5, 0.6) is 0 Å². The third-order valence-electron chi connectivity index (χ3n) is 3.24. The second-order valence-corrected chi connectivity index (χ2v) is 6.62. The molecular weight excluding hydrogens is 214 g/mol. The molecule has 0 aromatic heterocycles. The molecular formula is C10H21NO3S. The number of rotatable bonds is 5. The number of aliphatic hydroxyl groups excluding tert-OH is 1. The Balaban J connectivity index is 2.52. The molecule has 0 radical (unpaired) electrons. The minimum atomic E-state index is -3.35. The first-order chi connectivity index (χ1) is 6.97. The normalized spacial score (nSPS) is 22.9. The van der Waals surface area contributed by atoms with Crippen LogP contribution in [0.2, 0.25) is 0 Å². The van der Waals surface area contributed by atoms with Crippen molar-refractivity contribution in [2.24, 2.45) is 5.92 Å². The third kappa shape index (κ3) is 3.43. The van der Waals surface area contributed by atoms with Crippen LogP contribution in [0.4, 0.5) is 0 Å². The molecule has 1 aliphatic rings. The fraction of sp³-hybridized carbons (Fsp3) is 1.00. The topological polar surface area (TPSA) is 66.4 Å². The van der Waals surface area contributed by atoms with E-state index in [9.17, 15) is 8.42 Å². The van der Waals surface area contributed by atoms with Crippen LogP contribution < -0.4 is 4.72 Å². The minimum absolute atomic E-state index is 0.00787. The molecule has 1 saturated carbocycles. The van der Waals surface area contributed by atoms with Gasteiger partial charge in [-0.1, -0.05) is 12.8 Å². The van der Waals surface area contributed by atoms with Crippen molar-refractivity contribution in [3.8, 4) is 0 Å². The van der Waals surface area contributed by atoms with Gasteiger partial charge in [0.1, 0.15) is 0 Å². The number of nitrogens with one attached hydrogen (secondary N) is 1. The zero-order valence-electron chi connectivity index (χ0n) is 9.44. The summed E-state index contributed by atoms with van der Waals surface area (Å²) in [6.07, 6.45) is 4.62. The van der Waals surface area contributed by atoms with Crippen LogP contribution in [0.1, 0.15) is 39.5 Å². The van der Waals surface area contributed by atoms with E-state index in [1.165, 1.54) is 19.8 Å². The van der Waals surface area contributed by atoms with Gasteiger partial charge in [-0.15, -0.1) is 0 Å². The van der Waals surface area contributed by atoms with Crippen molar-refractivity contribution in [2.45, 2.75) is 50.8 Å². The van der Waals surface area contributed by atoms with E-state index in [0.29, 0.717) is 5.92 Å². The zero-order chi connectivity index (χ0) is 11.5. The van der Waals surface area contributed by atoms with Crippen LogP contribution >= 0.6 is 0 Å². The molecule has 0 saturated heterocycles. The average Bonchev–Trinajstić information content (AvgIpc) is 2.68. The van der Waals surface area contributed by atoms with Gasteiger partial charge in [0, 0.05) is 6.04 Å². The van der Waals surface area contributed by atoms with Crippen molar-refractivity contribution >= 4 is 10.0 Å². The summed E-state index contributed by atoms with van der Waals surface area (Å²) in [6.45, 7) is 3.11. The van der Waals surface area contributed by atoms with Crippen LogP contribution in [0, 0.1) is 5.92 Å². The Morgan fingerprint density at radius 1 is 1.33 bits per heavy atom. The Bertz CT molecular complexity index is 283. The zero-order valence-corrected chi connectivity index (χ0v) is 10.3. The predicted octanol–water partition coefficient (Wildman–Crippen LogP) is 0.865. The van der Waals surface area contributed by atoms with Crippen LogP contribution in [0.25, 0.3) is 0 Å². The van der Waals surface area contributed by atoms with Crippen molar-refractivity contribution in [3.05, 3.63) is 0 Å². The number of aliphatic hydroxyl groups is 1. The summed E-state index contributed by atoms with van der Waals surface area (Å²) in [6, 6.07) is -0.00787. The summed E-state index contributed by atoms with van der Waals surface area (Å²) in [5, 5.41) is 8.11. The van der Waals surface area contributed by atoms with Crippen LogP contribution in [-0.2, 0) is 10.0 Å². The molecule has 0 heterocycles. The summed E-state index contributed by atoms with van der Waals surface area (Å²) in [4.78, 5) is 0. The quantitative estimate of drug-likeness (QED) is 0.743. The van der Waals surface area contributed by atoms with Gasteiger partial charge in [0.2, 0.25) is 10.0 Å². The molecule has 15 heavy (non-hydrogen) atoms. The molecule has 90 valence electrons. The maximum atomic E-state index is 11.7. The standard InChI is InChI=1S/C10H21NO3S/c1-8(7-12)15(13,14)11-9(2)10-5-3-4-6-10/h8-12H,3-7H2,1-2H3. The first-order valence-corrected chi connectivity index (χ1v) is 7.14. The van der Waals surface area contributed by atoms with Gasteiger partial charge in [0.05, 0.1) is 11.9 Å². The molecule has 0 amide bonds. The van der Waals surface area contributed by atoms with Gasteiger partial charge in [0.15, 0.2) is 0 Å². The molecule has 4 nitrogen and oxygen atoms in total. The summed E-state index contributed by atoms with van der Waals surface area (Å²) >= 11 is 0. The van der Waals surface area contributed by atoms with E-state index < -0.39 is 15.3 Å². The Hall–Kier alpha value is -0.130. The van der Waals surface area contributed by atoms with Gasteiger partial charge in [0.25, 0.3) is 0 Å². The van der Waals surface area contributed by atoms with E-state index in [-0.39, 0.29) is 12.6 Å². The van der Waals surface area contributed by atoms with Crippen molar-refractivity contribution in [3.63, 3.8) is 0 Å². The lowest BCUT2D eigenvalue weighted by atomic mass is 10.0. The van der Waals surface area contributed by atoms with Crippen molar-refractivity contribution in [1.82, 2.24) is 4.72 Å². The highest BCUT2D eigenvalue weighted by molar-refractivity contribution is 7.90. The van der Waals surface area contributed by atoms with Gasteiger partial charge in [-0.25, -0.2) is 13.1 Å². The summed E-state index contributed by atoms with van der Waals surface area (Å²) < 4.78 is 26.0. The second kappa shape index (κ2) is 5.27. The fourth-order valence-corrected chi connectivity index (χ4v) is 3.17. The van der Waals surface area contributed by atoms with Crippen molar-refractivity contribution < 1.29 is 13.5 Å². The summed E-state index contributed by atoms with van der Waals surface area (Å²) in [5.74, 6) is 0.464. The molecule has 2 N–H and O–H groups in total. The average molecular weight is 235 g/mol. The number of hydrogen-bond acceptors (Lipinski definition) is 3. The molecule has 5 heteroatoms. The van der Waals surface area contributed by atoms with Crippen LogP contribution in [-0.4, -0.2) is 31.4 Å². The third-order valence-corrected chi connectivity index (χ3v) is 5.15. The lowest BCUT2D eigenvalue weighted by molar-refractivity contribution is 0.293. The van der Waals surface area contributed by atoms with E-state index >= 15 is 0 Å². The van der Waals surface area contributed by atoms with E-state index in [4.69, 9.17) is 5.11 Å². The van der Waals surface area contributed by atoms with Gasteiger partial charge < -0.3 is 5.11 Å². The molecule has 2 atom stereocenters. The van der Waals surface area contributed by atoms with Crippen molar-refractivity contribution in [1.29, 1.82) is 0 Å². The van der Waals surface area contributed by atoms with E-state index in [2.05, 4.69) is 4.72 Å². The van der Waals surface area contributed by atoms with E-state index in [1.54, 1.807) is 0 Å². The Labute approximate surface area is 92.1 Å². The monoisotopic (exact) mass is 235 g/mol. The molecule has 1 rings (SSSR count). The molecule has 0 bridgehead atoms. The van der Waals surface area contributed by atoms with Gasteiger partial charge >= 0.3 is 0 Å². The van der Waals surface area contributed by atoms with Crippen molar-refractivity contribution in [2.75, 3.05) is 6.61 Å². The largest absolute Gasteiger partial charge is 0.395 e. The SMILES string of the molecule is CC(NS(=O)(=O)C(C)CO)C1CCCC1. The lowest BCUT2D eigenvalue weighted by Crippen LogP contribution is -2.42. The number of sulfonamides is 1. The highest BCUT2D eigenvalue weighted by Crippen LogP contribution is 2.27. The first kappa shape index (κ1) is 12.9. The van der Waals surface area contributed by atoms with Gasteiger partial charge in [-0.3, -0.25) is 0 Å². The van der Waals surface area contributed by atoms with E-state index in [1.807, 2.05) is 6.92 Å². The van der Waals surface area contributed by atoms with Gasteiger partial charge in [-0.05, 0) is 32.6 Å². The van der Waals surface area contributed by atoms with Crippen LogP contribution in [0.15, 0.2) is 0 Å². The Morgan fingerprint density at radius 2 is 1.87 bits per heavy atom. The highest BCUT2D eigenvalue weighted by Gasteiger charge is 2.27. The molecule has 0 spiro atoms. The maximum Gasteiger partial charge on any atom is 0.216 e. The number of hydrogen-bond donors (Lipinski definition) is 2. The smallest absolute Gasteiger partial charge is 0.216 e. The summed E-state index contributed by atoms with van der Waals surface area (Å²) in [7, 11) is -3.35. The molecule has 1 aliphatic carbocycles. The maximum absolute atomic E-state index is 11.7. The second-order valence-electron chi connectivity index (χ2n) is 4.49. The summed E-state index contributed by atoms with van der Waals surface area (Å²) in [5.41, 5.74) is 0. The molecule has 0 aliphatic heterocycles. The molecule has 0 aromatic carbocycles. The lowest BCUT2D eigenvalue weighted by Gasteiger charge is -2.22. The van der Waals surface area contributed by atoms with E-state index in [0.717, 1.165) is 12.8 Å². The van der Waals surface area contributed by atoms with Gasteiger partial charge in [-0.2, -0.15) is 0 Å². The molecule has 2 unspecified atom stereocenters. The minimum Gasteiger partial charge on any atom is -0.395 e.